The standard InChI is InChI=1S/C19H18O3/c1-15(13-17-9-5-3-6-10-17)21-19(20)22-16(2)14-18-11-7-4-8-12-18/h3-14H,1-2H3. The fourth-order valence-corrected chi connectivity index (χ4v) is 1.91. The van der Waals surface area contributed by atoms with Crippen LogP contribution in [0.1, 0.15) is 25.0 Å². The maximum atomic E-state index is 11.7. The van der Waals surface area contributed by atoms with Gasteiger partial charge in [-0.3, -0.25) is 0 Å². The molecule has 0 saturated carbocycles. The second-order valence-electron chi connectivity index (χ2n) is 4.79. The summed E-state index contributed by atoms with van der Waals surface area (Å²) >= 11 is 0. The van der Waals surface area contributed by atoms with Crippen LogP contribution in [0.15, 0.2) is 72.2 Å². The highest BCUT2D eigenvalue weighted by Gasteiger charge is 2.06. The Morgan fingerprint density at radius 1 is 0.727 bits per heavy atom. The summed E-state index contributed by atoms with van der Waals surface area (Å²) in [4.78, 5) is 11.7. The topological polar surface area (TPSA) is 35.5 Å². The van der Waals surface area contributed by atoms with Gasteiger partial charge < -0.3 is 9.47 Å². The molecule has 2 aromatic carbocycles. The Hall–Kier alpha value is -2.81. The lowest BCUT2D eigenvalue weighted by atomic mass is 10.2. The van der Waals surface area contributed by atoms with Gasteiger partial charge in [0, 0.05) is 0 Å². The highest BCUT2D eigenvalue weighted by atomic mass is 16.7. The Morgan fingerprint density at radius 3 is 1.45 bits per heavy atom. The molecule has 2 aromatic rings. The van der Waals surface area contributed by atoms with E-state index in [2.05, 4.69) is 0 Å². The molecule has 0 aromatic heterocycles. The zero-order valence-electron chi connectivity index (χ0n) is 12.7. The fraction of sp³-hybridized carbons (Fsp3) is 0.105. The molecule has 112 valence electrons. The molecular weight excluding hydrogens is 276 g/mol. The second kappa shape index (κ2) is 7.84. The molecule has 0 atom stereocenters. The summed E-state index contributed by atoms with van der Waals surface area (Å²) in [5, 5.41) is 0. The number of carbonyl (C=O) groups excluding carboxylic acids is 1. The molecule has 0 spiro atoms. The van der Waals surface area contributed by atoms with Gasteiger partial charge in [0.25, 0.3) is 0 Å². The van der Waals surface area contributed by atoms with Crippen molar-refractivity contribution in [2.45, 2.75) is 13.8 Å². The molecule has 0 aliphatic heterocycles. The number of rotatable bonds is 4. The molecule has 0 heterocycles. The number of allylic oxidation sites excluding steroid dienone is 2. The van der Waals surface area contributed by atoms with Crippen molar-refractivity contribution in [3.05, 3.63) is 83.3 Å². The molecule has 2 rings (SSSR count). The Morgan fingerprint density at radius 2 is 1.09 bits per heavy atom. The zero-order chi connectivity index (χ0) is 15.8. The van der Waals surface area contributed by atoms with E-state index in [-0.39, 0.29) is 0 Å². The van der Waals surface area contributed by atoms with Crippen LogP contribution in [-0.4, -0.2) is 6.16 Å². The van der Waals surface area contributed by atoms with Gasteiger partial charge in [0.2, 0.25) is 0 Å². The number of ether oxygens (including phenoxy) is 2. The number of hydrogen-bond donors (Lipinski definition) is 0. The molecular formula is C19H18O3. The highest BCUT2D eigenvalue weighted by Crippen LogP contribution is 2.11. The lowest BCUT2D eigenvalue weighted by Gasteiger charge is -2.06. The normalized spacial score (nSPS) is 11.9. The van der Waals surface area contributed by atoms with Crippen LogP contribution in [0, 0.1) is 0 Å². The van der Waals surface area contributed by atoms with Crippen molar-refractivity contribution in [1.29, 1.82) is 0 Å². The minimum atomic E-state index is -0.741. The van der Waals surface area contributed by atoms with E-state index in [0.29, 0.717) is 11.5 Å². The van der Waals surface area contributed by atoms with Crippen LogP contribution in [0.4, 0.5) is 4.79 Å². The van der Waals surface area contributed by atoms with Crippen LogP contribution < -0.4 is 0 Å². The predicted octanol–water partition coefficient (Wildman–Crippen LogP) is 5.26. The maximum Gasteiger partial charge on any atom is 0.518 e. The first kappa shape index (κ1) is 15.6. The monoisotopic (exact) mass is 294 g/mol. The zero-order valence-corrected chi connectivity index (χ0v) is 12.7. The Kier molecular flexibility index (Phi) is 5.55. The highest BCUT2D eigenvalue weighted by molar-refractivity contribution is 5.66. The van der Waals surface area contributed by atoms with Gasteiger partial charge in [-0.25, -0.2) is 4.79 Å². The molecule has 0 unspecified atom stereocenters. The van der Waals surface area contributed by atoms with Gasteiger partial charge in [-0.2, -0.15) is 0 Å². The first-order valence-corrected chi connectivity index (χ1v) is 7.00. The third-order valence-corrected chi connectivity index (χ3v) is 2.83. The summed E-state index contributed by atoms with van der Waals surface area (Å²) in [7, 11) is 0. The van der Waals surface area contributed by atoms with Crippen molar-refractivity contribution in [2.24, 2.45) is 0 Å². The maximum absolute atomic E-state index is 11.7. The molecule has 3 nitrogen and oxygen atoms in total. The van der Waals surface area contributed by atoms with Crippen molar-refractivity contribution < 1.29 is 14.3 Å². The second-order valence-corrected chi connectivity index (χ2v) is 4.79. The summed E-state index contributed by atoms with van der Waals surface area (Å²) in [6.45, 7) is 3.43. The summed E-state index contributed by atoms with van der Waals surface area (Å²) < 4.78 is 10.2. The minimum Gasteiger partial charge on any atom is -0.400 e. The Balaban J connectivity index is 1.92. The van der Waals surface area contributed by atoms with Gasteiger partial charge >= 0.3 is 6.16 Å². The fourth-order valence-electron chi connectivity index (χ4n) is 1.91. The summed E-state index contributed by atoms with van der Waals surface area (Å²) in [6.07, 6.45) is 2.81. The average Bonchev–Trinajstić information content (AvgIpc) is 2.48. The van der Waals surface area contributed by atoms with E-state index >= 15 is 0 Å². The molecule has 0 bridgehead atoms. The Labute approximate surface area is 130 Å². The third kappa shape index (κ3) is 5.29. The van der Waals surface area contributed by atoms with E-state index in [9.17, 15) is 4.79 Å². The summed E-state index contributed by atoms with van der Waals surface area (Å²) in [5.41, 5.74) is 1.92. The molecule has 0 saturated heterocycles. The van der Waals surface area contributed by atoms with E-state index in [4.69, 9.17) is 9.47 Å². The van der Waals surface area contributed by atoms with Gasteiger partial charge in [-0.15, -0.1) is 0 Å². The quantitative estimate of drug-likeness (QED) is 0.570. The van der Waals surface area contributed by atoms with E-state index in [1.807, 2.05) is 60.7 Å². The molecule has 0 N–H and O–H groups in total. The van der Waals surface area contributed by atoms with Gasteiger partial charge in [0.1, 0.15) is 11.5 Å². The molecule has 0 fully saturated rings. The SMILES string of the molecule is CC(=Cc1ccccc1)OC(=O)OC(C)=Cc1ccccc1. The predicted molar refractivity (Wildman–Crippen MR) is 87.8 cm³/mol. The van der Waals surface area contributed by atoms with Crippen molar-refractivity contribution >= 4 is 18.3 Å². The number of hydrogen-bond acceptors (Lipinski definition) is 3. The van der Waals surface area contributed by atoms with Gasteiger partial charge in [-0.1, -0.05) is 60.7 Å². The molecule has 0 aliphatic rings. The van der Waals surface area contributed by atoms with Gasteiger partial charge in [-0.05, 0) is 37.1 Å². The third-order valence-electron chi connectivity index (χ3n) is 2.83. The largest absolute Gasteiger partial charge is 0.518 e. The molecule has 0 amide bonds. The van der Waals surface area contributed by atoms with Crippen molar-refractivity contribution in [2.75, 3.05) is 0 Å². The van der Waals surface area contributed by atoms with E-state index in [1.165, 1.54) is 0 Å². The van der Waals surface area contributed by atoms with Gasteiger partial charge in [0.05, 0.1) is 0 Å². The lowest BCUT2D eigenvalue weighted by molar-refractivity contribution is 0.104. The van der Waals surface area contributed by atoms with E-state index < -0.39 is 6.16 Å². The summed E-state index contributed by atoms with van der Waals surface area (Å²) in [6, 6.07) is 19.3. The van der Waals surface area contributed by atoms with E-state index in [0.717, 1.165) is 11.1 Å². The average molecular weight is 294 g/mol. The van der Waals surface area contributed by atoms with Crippen LogP contribution in [0.5, 0.6) is 0 Å². The first-order chi connectivity index (χ1) is 10.6. The van der Waals surface area contributed by atoms with E-state index in [1.54, 1.807) is 26.0 Å². The molecule has 3 heteroatoms. The molecule has 22 heavy (non-hydrogen) atoms. The number of benzene rings is 2. The van der Waals surface area contributed by atoms with Crippen LogP contribution in [0.2, 0.25) is 0 Å². The van der Waals surface area contributed by atoms with Crippen LogP contribution in [-0.2, 0) is 9.47 Å². The molecule has 0 aliphatic carbocycles. The van der Waals surface area contributed by atoms with Crippen LogP contribution in [0.3, 0.4) is 0 Å². The first-order valence-electron chi connectivity index (χ1n) is 7.00. The smallest absolute Gasteiger partial charge is 0.400 e. The van der Waals surface area contributed by atoms with Crippen molar-refractivity contribution in [1.82, 2.24) is 0 Å². The lowest BCUT2D eigenvalue weighted by Crippen LogP contribution is -2.04. The van der Waals surface area contributed by atoms with Crippen molar-refractivity contribution in [3.63, 3.8) is 0 Å². The van der Waals surface area contributed by atoms with Crippen LogP contribution in [0.25, 0.3) is 12.2 Å². The summed E-state index contributed by atoms with van der Waals surface area (Å²) in [5.74, 6) is 0.951. The minimum absolute atomic E-state index is 0.476. The van der Waals surface area contributed by atoms with Crippen LogP contribution >= 0.6 is 0 Å². The molecule has 0 radical (unpaired) electrons. The Bertz CT molecular complexity index is 611. The number of carbonyl (C=O) groups is 1. The van der Waals surface area contributed by atoms with Crippen molar-refractivity contribution in [3.8, 4) is 0 Å². The van der Waals surface area contributed by atoms with Gasteiger partial charge in [0.15, 0.2) is 0 Å².